The molecule has 0 radical (unpaired) electrons. The molecule has 0 aliphatic heterocycles. The molecule has 1 aromatic carbocycles. The molecule has 1 amide bonds. The van der Waals surface area contributed by atoms with E-state index in [2.05, 4.69) is 10.3 Å². The molecule has 6 heteroatoms. The molecule has 0 saturated heterocycles. The molecule has 24 heavy (non-hydrogen) atoms. The van der Waals surface area contributed by atoms with Crippen LogP contribution in [0.25, 0.3) is 9.88 Å². The fourth-order valence-corrected chi connectivity index (χ4v) is 3.81. The van der Waals surface area contributed by atoms with E-state index in [1.54, 1.807) is 17.5 Å². The maximum absolute atomic E-state index is 12.4. The minimum absolute atomic E-state index is 0.123. The summed E-state index contributed by atoms with van der Waals surface area (Å²) in [5.41, 5.74) is 1.74. The largest absolute Gasteiger partial charge is 0.491 e. The Kier molecular flexibility index (Phi) is 4.97. The van der Waals surface area contributed by atoms with Crippen molar-refractivity contribution in [3.05, 3.63) is 52.3 Å². The first-order valence-electron chi connectivity index (χ1n) is 7.61. The Bertz CT molecular complexity index is 839. The van der Waals surface area contributed by atoms with Crippen LogP contribution < -0.4 is 10.1 Å². The van der Waals surface area contributed by atoms with Crippen LogP contribution in [0.3, 0.4) is 0 Å². The highest BCUT2D eigenvalue weighted by Crippen LogP contribution is 2.29. The van der Waals surface area contributed by atoms with E-state index in [0.29, 0.717) is 4.88 Å². The Morgan fingerprint density at radius 3 is 2.79 bits per heavy atom. The van der Waals surface area contributed by atoms with Gasteiger partial charge < -0.3 is 10.1 Å². The van der Waals surface area contributed by atoms with Gasteiger partial charge in [-0.1, -0.05) is 6.07 Å². The Morgan fingerprint density at radius 1 is 1.29 bits per heavy atom. The second kappa shape index (κ2) is 7.15. The van der Waals surface area contributed by atoms with Gasteiger partial charge in [-0.25, -0.2) is 4.98 Å². The lowest BCUT2D eigenvalue weighted by Gasteiger charge is -2.12. The van der Waals surface area contributed by atoms with Crippen molar-refractivity contribution in [2.24, 2.45) is 0 Å². The molecular weight excluding hydrogens is 340 g/mol. The van der Waals surface area contributed by atoms with Gasteiger partial charge in [0.15, 0.2) is 0 Å². The zero-order valence-electron chi connectivity index (χ0n) is 13.7. The van der Waals surface area contributed by atoms with Crippen LogP contribution in [0.5, 0.6) is 5.75 Å². The summed E-state index contributed by atoms with van der Waals surface area (Å²) in [7, 11) is 0. The van der Waals surface area contributed by atoms with Crippen LogP contribution in [-0.2, 0) is 0 Å². The number of thiazole rings is 1. The second-order valence-electron chi connectivity index (χ2n) is 5.60. The predicted molar refractivity (Wildman–Crippen MR) is 100 cm³/mol. The second-order valence-corrected chi connectivity index (χ2v) is 7.58. The molecule has 0 fully saturated rings. The first-order valence-corrected chi connectivity index (χ1v) is 9.31. The fraction of sp³-hybridized carbons (Fsp3) is 0.222. The number of thiophene rings is 1. The maximum Gasteiger partial charge on any atom is 0.267 e. The zero-order chi connectivity index (χ0) is 17.1. The number of nitrogens with one attached hydrogen (secondary N) is 1. The molecular formula is C18H18N2O2S2. The molecule has 0 bridgehead atoms. The summed E-state index contributed by atoms with van der Waals surface area (Å²) in [4.78, 5) is 18.5. The molecule has 3 aromatic rings. The van der Waals surface area contributed by atoms with E-state index >= 15 is 0 Å². The van der Waals surface area contributed by atoms with Gasteiger partial charge in [-0.2, -0.15) is 0 Å². The predicted octanol–water partition coefficient (Wildman–Crippen LogP) is 5.22. The quantitative estimate of drug-likeness (QED) is 0.680. The van der Waals surface area contributed by atoms with Gasteiger partial charge in [0.25, 0.3) is 5.91 Å². The van der Waals surface area contributed by atoms with E-state index in [4.69, 9.17) is 4.74 Å². The lowest BCUT2D eigenvalue weighted by Crippen LogP contribution is -2.11. The average Bonchev–Trinajstić information content (AvgIpc) is 3.19. The molecule has 0 aliphatic carbocycles. The Morgan fingerprint density at radius 2 is 2.12 bits per heavy atom. The lowest BCUT2D eigenvalue weighted by molar-refractivity contribution is 0.103. The topological polar surface area (TPSA) is 51.2 Å². The van der Waals surface area contributed by atoms with Crippen molar-refractivity contribution in [3.8, 4) is 15.6 Å². The van der Waals surface area contributed by atoms with Crippen LogP contribution in [0.1, 0.15) is 29.1 Å². The average molecular weight is 358 g/mol. The Balaban J connectivity index is 1.73. The summed E-state index contributed by atoms with van der Waals surface area (Å²) < 4.78 is 5.66. The van der Waals surface area contributed by atoms with Gasteiger partial charge in [-0.05, 0) is 56.0 Å². The van der Waals surface area contributed by atoms with Crippen LogP contribution in [-0.4, -0.2) is 17.0 Å². The number of aromatic nitrogens is 1. The van der Waals surface area contributed by atoms with Crippen molar-refractivity contribution in [1.29, 1.82) is 0 Å². The molecule has 124 valence electrons. The van der Waals surface area contributed by atoms with E-state index in [1.165, 1.54) is 11.3 Å². The number of carbonyl (C=O) groups is 1. The summed E-state index contributed by atoms with van der Waals surface area (Å²) in [6.07, 6.45) is 1.75. The molecule has 0 saturated carbocycles. The van der Waals surface area contributed by atoms with Crippen molar-refractivity contribution in [1.82, 2.24) is 4.98 Å². The minimum atomic E-state index is -0.143. The summed E-state index contributed by atoms with van der Waals surface area (Å²) in [6.45, 7) is 5.92. The highest BCUT2D eigenvalue weighted by Gasteiger charge is 2.13. The first-order chi connectivity index (χ1) is 11.5. The monoisotopic (exact) mass is 358 g/mol. The van der Waals surface area contributed by atoms with Gasteiger partial charge >= 0.3 is 0 Å². The Labute approximate surface area is 149 Å². The number of anilines is 1. The van der Waals surface area contributed by atoms with Crippen LogP contribution in [0.2, 0.25) is 0 Å². The molecule has 4 nitrogen and oxygen atoms in total. The molecule has 0 aliphatic rings. The fourth-order valence-electron chi connectivity index (χ4n) is 2.20. The normalized spacial score (nSPS) is 10.8. The third kappa shape index (κ3) is 3.83. The highest BCUT2D eigenvalue weighted by atomic mass is 32.1. The molecule has 3 rings (SSSR count). The molecule has 0 spiro atoms. The van der Waals surface area contributed by atoms with Gasteiger partial charge in [-0.15, -0.1) is 22.7 Å². The van der Waals surface area contributed by atoms with Gasteiger partial charge in [0.1, 0.15) is 15.6 Å². The van der Waals surface area contributed by atoms with Gasteiger partial charge in [0.05, 0.1) is 17.2 Å². The number of hydrogen-bond acceptors (Lipinski definition) is 5. The summed E-state index contributed by atoms with van der Waals surface area (Å²) in [6, 6.07) is 9.64. The number of nitrogens with zero attached hydrogens (tertiary/aromatic N) is 1. The minimum Gasteiger partial charge on any atom is -0.491 e. The third-order valence-corrected chi connectivity index (χ3v) is 5.31. The van der Waals surface area contributed by atoms with E-state index in [1.807, 2.05) is 56.5 Å². The number of ether oxygens (including phenoxy) is 1. The smallest absolute Gasteiger partial charge is 0.267 e. The maximum atomic E-state index is 12.4. The number of amides is 1. The molecule has 2 heterocycles. The SMILES string of the molecule is Cc1cc(OC(C)C)ccc1NC(=O)c1cnc(-c2cccs2)s1. The van der Waals surface area contributed by atoms with E-state index in [0.717, 1.165) is 26.9 Å². The van der Waals surface area contributed by atoms with Crippen molar-refractivity contribution in [2.45, 2.75) is 26.9 Å². The van der Waals surface area contributed by atoms with Gasteiger partial charge in [0, 0.05) is 5.69 Å². The zero-order valence-corrected chi connectivity index (χ0v) is 15.3. The van der Waals surface area contributed by atoms with E-state index < -0.39 is 0 Å². The van der Waals surface area contributed by atoms with Crippen LogP contribution in [0.4, 0.5) is 5.69 Å². The molecule has 0 unspecified atom stereocenters. The highest BCUT2D eigenvalue weighted by molar-refractivity contribution is 7.22. The first kappa shape index (κ1) is 16.7. The lowest BCUT2D eigenvalue weighted by atomic mass is 10.2. The molecule has 2 aromatic heterocycles. The summed E-state index contributed by atoms with van der Waals surface area (Å²) >= 11 is 3.01. The van der Waals surface area contributed by atoms with Gasteiger partial charge in [0.2, 0.25) is 0 Å². The van der Waals surface area contributed by atoms with Crippen molar-refractivity contribution in [3.63, 3.8) is 0 Å². The number of benzene rings is 1. The van der Waals surface area contributed by atoms with Crippen molar-refractivity contribution >= 4 is 34.3 Å². The third-order valence-electron chi connectivity index (χ3n) is 3.28. The standard InChI is InChI=1S/C18H18N2O2S2/c1-11(2)22-13-6-7-14(12(3)9-13)20-17(21)16-10-19-18(24-16)15-5-4-8-23-15/h4-11H,1-3H3,(H,20,21). The summed E-state index contributed by atoms with van der Waals surface area (Å²) in [5.74, 6) is 0.661. The molecule has 0 atom stereocenters. The Hall–Kier alpha value is -2.18. The van der Waals surface area contributed by atoms with Gasteiger partial charge in [-0.3, -0.25) is 4.79 Å². The van der Waals surface area contributed by atoms with Crippen LogP contribution in [0.15, 0.2) is 41.9 Å². The van der Waals surface area contributed by atoms with Crippen LogP contribution >= 0.6 is 22.7 Å². The number of rotatable bonds is 5. The van der Waals surface area contributed by atoms with E-state index in [-0.39, 0.29) is 12.0 Å². The number of hydrogen-bond donors (Lipinski definition) is 1. The number of aryl methyl sites for hydroxylation is 1. The number of carbonyl (C=O) groups excluding carboxylic acids is 1. The van der Waals surface area contributed by atoms with Crippen molar-refractivity contribution < 1.29 is 9.53 Å². The van der Waals surface area contributed by atoms with Crippen molar-refractivity contribution in [2.75, 3.05) is 5.32 Å². The molecule has 1 N–H and O–H groups in total. The van der Waals surface area contributed by atoms with Crippen LogP contribution in [0, 0.1) is 6.92 Å². The summed E-state index contributed by atoms with van der Waals surface area (Å²) in [5, 5.41) is 5.81. The van der Waals surface area contributed by atoms with E-state index in [9.17, 15) is 4.79 Å².